The highest BCUT2D eigenvalue weighted by atomic mass is 31.2. The molecule has 0 aliphatic carbocycles. The highest BCUT2D eigenvalue weighted by Crippen LogP contribution is 2.49. The van der Waals surface area contributed by atoms with Gasteiger partial charge in [-0.15, -0.1) is 0 Å². The van der Waals surface area contributed by atoms with Gasteiger partial charge in [0, 0.05) is 14.0 Å². The molecule has 0 rings (SSSR count). The second-order valence-electron chi connectivity index (χ2n) is 5.09. The van der Waals surface area contributed by atoms with E-state index in [1.165, 1.54) is 7.11 Å². The first-order valence-corrected chi connectivity index (χ1v) is 9.83. The van der Waals surface area contributed by atoms with E-state index >= 15 is 0 Å². The van der Waals surface area contributed by atoms with Crippen molar-refractivity contribution < 1.29 is 42.2 Å². The second-order valence-corrected chi connectivity index (χ2v) is 7.19. The quantitative estimate of drug-likeness (QED) is 0.112. The average molecular weight is 407 g/mol. The molecule has 0 aromatic carbocycles. The maximum atomic E-state index is 12.5. The third-order valence-corrected chi connectivity index (χ3v) is 4.79. The molecule has 0 aromatic rings. The van der Waals surface area contributed by atoms with E-state index in [0.29, 0.717) is 0 Å². The summed E-state index contributed by atoms with van der Waals surface area (Å²) < 4.78 is 30.8. The highest BCUT2D eigenvalue weighted by molar-refractivity contribution is 7.59. The van der Waals surface area contributed by atoms with E-state index in [4.69, 9.17) is 34.4 Å². The van der Waals surface area contributed by atoms with Crippen molar-refractivity contribution in [1.29, 1.82) is 0 Å². The molecule has 10 nitrogen and oxygen atoms in total. The van der Waals surface area contributed by atoms with Gasteiger partial charge >= 0.3 is 17.9 Å². The summed E-state index contributed by atoms with van der Waals surface area (Å²) in [6.07, 6.45) is 3.70. The number of rotatable bonds is 13. The van der Waals surface area contributed by atoms with E-state index in [2.05, 4.69) is 11.1 Å². The maximum absolute atomic E-state index is 12.5. The number of hydrogen-bond donors (Lipinski definition) is 0. The first-order chi connectivity index (χ1) is 12.7. The average Bonchev–Trinajstić information content (AvgIpc) is 2.62. The van der Waals surface area contributed by atoms with E-state index in [-0.39, 0.29) is 26.4 Å². The van der Waals surface area contributed by atoms with Crippen LogP contribution in [0.3, 0.4) is 0 Å². The molecule has 27 heavy (non-hydrogen) atoms. The van der Waals surface area contributed by atoms with E-state index in [1.807, 2.05) is 0 Å². The third-order valence-electron chi connectivity index (χ3n) is 3.13. The number of carbonyl (C=O) groups is 3. The molecule has 0 fully saturated rings. The fourth-order valence-corrected chi connectivity index (χ4v) is 2.76. The number of esters is 3. The van der Waals surface area contributed by atoms with E-state index < -0.39 is 44.1 Å². The van der Waals surface area contributed by atoms with Crippen LogP contribution in [0, 0.1) is 12.0 Å². The topological polar surface area (TPSA) is 111 Å². The predicted molar refractivity (Wildman–Crippen MR) is 96.8 cm³/mol. The number of carbonyl (C=O) groups excluding carboxylic acids is 3. The van der Waals surface area contributed by atoms with Crippen LogP contribution in [0.4, 0.5) is 0 Å². The highest BCUT2D eigenvalue weighted by Gasteiger charge is 2.52. The van der Waals surface area contributed by atoms with Crippen molar-refractivity contribution >= 4 is 31.8 Å². The van der Waals surface area contributed by atoms with Gasteiger partial charge in [0.1, 0.15) is 13.2 Å². The molecular formula is C16H26NO9P. The SMILES string of the molecule is [C-]#[N+]CCOP(=C)(OC)OCC(COC(C)=O)(C(=O)OCC)C(=O)OCC. The lowest BCUT2D eigenvalue weighted by Crippen LogP contribution is -2.49. The Morgan fingerprint density at radius 3 is 2.00 bits per heavy atom. The molecule has 0 aromatic heterocycles. The van der Waals surface area contributed by atoms with Crippen molar-refractivity contribution in [2.24, 2.45) is 5.41 Å². The minimum absolute atomic E-state index is 0.00955. The van der Waals surface area contributed by atoms with Gasteiger partial charge < -0.3 is 32.6 Å². The Labute approximate surface area is 159 Å². The molecule has 0 bridgehead atoms. The summed E-state index contributed by atoms with van der Waals surface area (Å²) >= 11 is 0. The molecule has 0 N–H and O–H groups in total. The molecule has 1 unspecified atom stereocenters. The molecule has 154 valence electrons. The summed E-state index contributed by atoms with van der Waals surface area (Å²) in [5.74, 6) is -2.66. The summed E-state index contributed by atoms with van der Waals surface area (Å²) in [5.41, 5.74) is -2.07. The Morgan fingerprint density at radius 2 is 1.59 bits per heavy atom. The van der Waals surface area contributed by atoms with Crippen LogP contribution in [0.25, 0.3) is 4.85 Å². The molecule has 0 spiro atoms. The molecule has 0 aliphatic heterocycles. The maximum Gasteiger partial charge on any atom is 0.329 e. The van der Waals surface area contributed by atoms with Crippen LogP contribution < -0.4 is 0 Å². The zero-order valence-electron chi connectivity index (χ0n) is 16.0. The van der Waals surface area contributed by atoms with Crippen molar-refractivity contribution in [3.8, 4) is 0 Å². The van der Waals surface area contributed by atoms with Crippen LogP contribution >= 0.6 is 7.57 Å². The summed E-state index contributed by atoms with van der Waals surface area (Å²) in [4.78, 5) is 39.4. The van der Waals surface area contributed by atoms with Crippen LogP contribution in [0.5, 0.6) is 0 Å². The zero-order chi connectivity index (χ0) is 20.9. The largest absolute Gasteiger partial charge is 0.465 e. The van der Waals surface area contributed by atoms with Crippen molar-refractivity contribution in [2.45, 2.75) is 20.8 Å². The van der Waals surface area contributed by atoms with Crippen molar-refractivity contribution in [2.75, 3.05) is 46.7 Å². The molecule has 0 radical (unpaired) electrons. The van der Waals surface area contributed by atoms with Gasteiger partial charge in [-0.1, -0.05) is 0 Å². The van der Waals surface area contributed by atoms with Crippen molar-refractivity contribution in [3.05, 3.63) is 11.4 Å². The summed E-state index contributed by atoms with van der Waals surface area (Å²) in [5, 5.41) is 0. The van der Waals surface area contributed by atoms with Gasteiger partial charge in [0.2, 0.25) is 12.0 Å². The monoisotopic (exact) mass is 407 g/mol. The van der Waals surface area contributed by atoms with Crippen LogP contribution in [0.2, 0.25) is 0 Å². The van der Waals surface area contributed by atoms with Crippen LogP contribution in [0.15, 0.2) is 0 Å². The van der Waals surface area contributed by atoms with Gasteiger partial charge in [-0.25, -0.2) is 6.57 Å². The summed E-state index contributed by atoms with van der Waals surface area (Å²) in [6.45, 7) is 9.75. The molecule has 0 saturated carbocycles. The zero-order valence-corrected chi connectivity index (χ0v) is 16.9. The molecule has 0 heterocycles. The van der Waals surface area contributed by atoms with Gasteiger partial charge in [-0.05, 0) is 20.1 Å². The summed E-state index contributed by atoms with van der Waals surface area (Å²) in [6, 6.07) is 0. The fourth-order valence-electron chi connectivity index (χ4n) is 1.70. The van der Waals surface area contributed by atoms with E-state index in [1.54, 1.807) is 13.8 Å². The first-order valence-electron chi connectivity index (χ1n) is 8.10. The summed E-state index contributed by atoms with van der Waals surface area (Å²) in [7, 11) is -1.91. The minimum atomic E-state index is -3.19. The minimum Gasteiger partial charge on any atom is -0.465 e. The van der Waals surface area contributed by atoms with Gasteiger partial charge in [0.15, 0.2) is 0 Å². The van der Waals surface area contributed by atoms with Crippen molar-refractivity contribution in [1.82, 2.24) is 0 Å². The second kappa shape index (κ2) is 12.5. The van der Waals surface area contributed by atoms with E-state index in [0.717, 1.165) is 6.92 Å². The Kier molecular flexibility index (Phi) is 11.6. The molecule has 0 aliphatic rings. The first kappa shape index (κ1) is 25.1. The molecule has 11 heteroatoms. The number of nitrogens with zero attached hydrogens (tertiary/aromatic N) is 1. The van der Waals surface area contributed by atoms with Gasteiger partial charge in [-0.3, -0.25) is 14.4 Å². The molecule has 0 saturated heterocycles. The molecule has 0 amide bonds. The van der Waals surface area contributed by atoms with Gasteiger partial charge in [0.25, 0.3) is 7.57 Å². The van der Waals surface area contributed by atoms with Gasteiger partial charge in [0.05, 0.1) is 19.8 Å². The van der Waals surface area contributed by atoms with Crippen LogP contribution in [0.1, 0.15) is 20.8 Å². The standard InChI is InChI=1S/C16H26NO9P/c1-7-22-14(19)16(11-24-13(3)18,15(20)23-8-2)12-26-27(6,21-5)25-10-9-17-4/h6-12H2,1-3,5H3. The number of hydrogen-bond acceptors (Lipinski definition) is 9. The van der Waals surface area contributed by atoms with E-state index in [9.17, 15) is 14.4 Å². The number of ether oxygens (including phenoxy) is 3. The van der Waals surface area contributed by atoms with Crippen molar-refractivity contribution in [3.63, 3.8) is 0 Å². The normalized spacial score (nSPS) is 13.1. The fraction of sp³-hybridized carbons (Fsp3) is 0.688. The molecule has 1 atom stereocenters. The lowest BCUT2D eigenvalue weighted by Gasteiger charge is -2.31. The predicted octanol–water partition coefficient (Wildman–Crippen LogP) is 1.46. The van der Waals surface area contributed by atoms with Crippen LogP contribution in [-0.2, 0) is 42.2 Å². The lowest BCUT2D eigenvalue weighted by molar-refractivity contribution is -0.181. The Balaban J connectivity index is 5.66. The van der Waals surface area contributed by atoms with Crippen LogP contribution in [-0.4, -0.2) is 70.9 Å². The van der Waals surface area contributed by atoms with Gasteiger partial charge in [-0.2, -0.15) is 0 Å². The Morgan fingerprint density at radius 1 is 1.04 bits per heavy atom. The molecular weight excluding hydrogens is 381 g/mol. The smallest absolute Gasteiger partial charge is 0.329 e. The Hall–Kier alpha value is -1.92. The lowest BCUT2D eigenvalue weighted by atomic mass is 9.90. The Bertz CT molecular complexity index is 581. The third kappa shape index (κ3) is 8.10.